The zero-order chi connectivity index (χ0) is 26.8. The Kier molecular flexibility index (Phi) is 6.18. The van der Waals surface area contributed by atoms with E-state index >= 15 is 0 Å². The molecule has 4 aliphatic rings. The van der Waals surface area contributed by atoms with Crippen molar-refractivity contribution in [3.63, 3.8) is 0 Å². The first kappa shape index (κ1) is 26.1. The van der Waals surface area contributed by atoms with E-state index in [1.165, 1.54) is 12.5 Å². The van der Waals surface area contributed by atoms with E-state index in [4.69, 9.17) is 4.74 Å². The van der Waals surface area contributed by atoms with Gasteiger partial charge in [0, 0.05) is 36.6 Å². The van der Waals surface area contributed by atoms with Gasteiger partial charge in [-0.05, 0) is 42.7 Å². The van der Waals surface area contributed by atoms with E-state index in [-0.39, 0.29) is 22.1 Å². The quantitative estimate of drug-likeness (QED) is 0.508. The van der Waals surface area contributed by atoms with Crippen molar-refractivity contribution in [3.8, 4) is 5.75 Å². The van der Waals surface area contributed by atoms with Crippen molar-refractivity contribution in [1.29, 1.82) is 0 Å². The van der Waals surface area contributed by atoms with Crippen molar-refractivity contribution < 1.29 is 44.6 Å². The molecule has 15 heteroatoms. The van der Waals surface area contributed by atoms with Crippen LogP contribution in [-0.2, 0) is 29.3 Å². The molecule has 1 atom stereocenters. The van der Waals surface area contributed by atoms with Crippen molar-refractivity contribution in [2.45, 2.75) is 50.1 Å². The second-order valence-electron chi connectivity index (χ2n) is 9.81. The lowest BCUT2D eigenvalue weighted by Gasteiger charge is -2.67. The molecule has 3 aliphatic carbocycles. The fourth-order valence-electron chi connectivity index (χ4n) is 5.83. The Morgan fingerprint density at radius 1 is 1.16 bits per heavy atom. The topological polar surface area (TPSA) is 98.8 Å². The average molecular weight is 555 g/mol. The monoisotopic (exact) mass is 554 g/mol. The Bertz CT molecular complexity index is 1250. The summed E-state index contributed by atoms with van der Waals surface area (Å²) in [6, 6.07) is 1.20. The largest absolute Gasteiger partial charge is 0.511 e. The zero-order valence-electron chi connectivity index (χ0n) is 19.3. The Hall–Kier alpha value is -2.52. The fourth-order valence-corrected chi connectivity index (χ4v) is 6.76. The molecular formula is C22H24F6N4O4S. The molecule has 2 aromatic rings. The van der Waals surface area contributed by atoms with Gasteiger partial charge in [-0.15, -0.1) is 0 Å². The van der Waals surface area contributed by atoms with Crippen LogP contribution in [0.25, 0.3) is 0 Å². The zero-order valence-corrected chi connectivity index (χ0v) is 20.1. The molecule has 0 saturated heterocycles. The maximum Gasteiger partial charge on any atom is 0.511 e. The smallest absolute Gasteiger partial charge is 0.490 e. The second kappa shape index (κ2) is 8.76. The number of aliphatic hydroxyl groups is 1. The van der Waals surface area contributed by atoms with Gasteiger partial charge in [0.2, 0.25) is 0 Å². The lowest BCUT2D eigenvalue weighted by atomic mass is 9.41. The molecule has 37 heavy (non-hydrogen) atoms. The molecule has 8 nitrogen and oxygen atoms in total. The molecule has 3 fully saturated rings. The second-order valence-corrected chi connectivity index (χ2v) is 11.7. The summed E-state index contributed by atoms with van der Waals surface area (Å²) in [5.41, 5.74) is -7.03. The van der Waals surface area contributed by atoms with Gasteiger partial charge < -0.3 is 19.7 Å². The lowest BCUT2D eigenvalue weighted by Crippen LogP contribution is -2.66. The number of hydrogen-bond acceptors (Lipinski definition) is 6. The number of benzene rings is 1. The highest BCUT2D eigenvalue weighted by atomic mass is 32.2. The first-order valence-electron chi connectivity index (χ1n) is 11.5. The average Bonchev–Trinajstić information content (AvgIpc) is 3.18. The van der Waals surface area contributed by atoms with E-state index < -0.39 is 70.8 Å². The lowest BCUT2D eigenvalue weighted by molar-refractivity contribution is -0.139. The number of halogens is 6. The highest BCUT2D eigenvalue weighted by Gasteiger charge is 2.64. The van der Waals surface area contributed by atoms with E-state index in [0.717, 1.165) is 12.1 Å². The van der Waals surface area contributed by atoms with Crippen LogP contribution in [-0.4, -0.2) is 59.1 Å². The van der Waals surface area contributed by atoms with Crippen molar-refractivity contribution in [3.05, 3.63) is 41.5 Å². The maximum atomic E-state index is 13.9. The molecule has 204 valence electrons. The molecule has 0 unspecified atom stereocenters. The van der Waals surface area contributed by atoms with Gasteiger partial charge in [-0.2, -0.15) is 30.6 Å². The number of alkyl halides is 6. The Balaban J connectivity index is 1.72. The fraction of sp³-hybridized carbons (Fsp3) is 0.591. The van der Waals surface area contributed by atoms with Gasteiger partial charge in [0.15, 0.2) is 0 Å². The summed E-state index contributed by atoms with van der Waals surface area (Å²) in [5.74, 6) is -0.394. The van der Waals surface area contributed by atoms with Crippen molar-refractivity contribution >= 4 is 15.7 Å². The highest BCUT2D eigenvalue weighted by Crippen LogP contribution is 2.68. The normalized spacial score (nSPS) is 26.2. The molecule has 1 aromatic carbocycles. The first-order chi connectivity index (χ1) is 17.3. The standard InChI is InChI=1S/C22H24F6N4O4S/c23-21(24,25)16-1-2-17-15(19(16)36-4-3-33)10-31(37(34,35)22(26,27)28)11-18(20-5-13(6-20)7-20)32(17)9-14-8-29-12-30-14/h1-2,8,12-13,18,33H,3-7,9-11H2,(H,29,30)/t13?,18-,20?/m0/s1. The van der Waals surface area contributed by atoms with Crippen molar-refractivity contribution in [2.75, 3.05) is 24.7 Å². The molecule has 6 rings (SSSR count). The van der Waals surface area contributed by atoms with Gasteiger partial charge in [0.25, 0.3) is 0 Å². The van der Waals surface area contributed by atoms with Crippen LogP contribution in [0.5, 0.6) is 5.75 Å². The minimum atomic E-state index is -5.90. The van der Waals surface area contributed by atoms with Crippen LogP contribution in [0, 0.1) is 11.3 Å². The predicted octanol–water partition coefficient (Wildman–Crippen LogP) is 3.64. The number of ether oxygens (including phenoxy) is 1. The number of sulfonamides is 1. The number of aliphatic hydroxyl groups excluding tert-OH is 1. The molecule has 1 aromatic heterocycles. The number of aromatic nitrogens is 2. The summed E-state index contributed by atoms with van der Waals surface area (Å²) < 4.78 is 114. The van der Waals surface area contributed by atoms with Crippen molar-refractivity contribution in [1.82, 2.24) is 14.3 Å². The summed E-state index contributed by atoms with van der Waals surface area (Å²) in [4.78, 5) is 8.53. The number of imidazole rings is 1. The number of nitrogens with zero attached hydrogens (tertiary/aromatic N) is 3. The van der Waals surface area contributed by atoms with Gasteiger partial charge in [-0.1, -0.05) is 0 Å². The summed E-state index contributed by atoms with van der Waals surface area (Å²) in [5, 5.41) is 9.20. The van der Waals surface area contributed by atoms with Crippen LogP contribution >= 0.6 is 0 Å². The minimum absolute atomic E-state index is 0.0504. The van der Waals surface area contributed by atoms with Crippen LogP contribution in [0.4, 0.5) is 32.0 Å². The Labute approximate surface area is 208 Å². The van der Waals surface area contributed by atoms with Gasteiger partial charge in [-0.25, -0.2) is 13.4 Å². The van der Waals surface area contributed by atoms with Crippen LogP contribution in [0.3, 0.4) is 0 Å². The molecule has 0 amide bonds. The third-order valence-corrected chi connectivity index (χ3v) is 9.14. The highest BCUT2D eigenvalue weighted by molar-refractivity contribution is 7.89. The van der Waals surface area contributed by atoms with Gasteiger partial charge >= 0.3 is 21.7 Å². The third-order valence-electron chi connectivity index (χ3n) is 7.60. The molecule has 1 aliphatic heterocycles. The molecule has 0 radical (unpaired) electrons. The van der Waals surface area contributed by atoms with E-state index in [1.54, 1.807) is 4.90 Å². The number of H-pyrrole nitrogens is 1. The number of nitrogens with one attached hydrogen (secondary N) is 1. The number of anilines is 1. The molecule has 2 N–H and O–H groups in total. The van der Waals surface area contributed by atoms with Crippen LogP contribution in [0.2, 0.25) is 0 Å². The molecule has 2 heterocycles. The van der Waals surface area contributed by atoms with E-state index in [2.05, 4.69) is 9.97 Å². The van der Waals surface area contributed by atoms with Crippen LogP contribution in [0.15, 0.2) is 24.7 Å². The predicted molar refractivity (Wildman–Crippen MR) is 118 cm³/mol. The first-order valence-corrected chi connectivity index (χ1v) is 13.0. The molecule has 0 spiro atoms. The maximum absolute atomic E-state index is 13.9. The van der Waals surface area contributed by atoms with E-state index in [9.17, 15) is 39.9 Å². The van der Waals surface area contributed by atoms with Gasteiger partial charge in [-0.3, -0.25) is 0 Å². The molecule has 2 bridgehead atoms. The van der Waals surface area contributed by atoms with Crippen molar-refractivity contribution in [2.24, 2.45) is 11.3 Å². The summed E-state index contributed by atoms with van der Waals surface area (Å²) in [6.07, 6.45) is 0.0259. The van der Waals surface area contributed by atoms with Gasteiger partial charge in [0.1, 0.15) is 12.4 Å². The summed E-state index contributed by atoms with van der Waals surface area (Å²) in [7, 11) is -5.90. The van der Waals surface area contributed by atoms with Gasteiger partial charge in [0.05, 0.1) is 30.7 Å². The molecular weight excluding hydrogens is 530 g/mol. The number of rotatable bonds is 7. The minimum Gasteiger partial charge on any atom is -0.490 e. The van der Waals surface area contributed by atoms with E-state index in [1.807, 2.05) is 0 Å². The summed E-state index contributed by atoms with van der Waals surface area (Å²) >= 11 is 0. The number of fused-ring (bicyclic) bond motifs is 1. The van der Waals surface area contributed by atoms with Crippen LogP contribution in [0.1, 0.15) is 36.1 Å². The molecule has 3 saturated carbocycles. The Morgan fingerprint density at radius 2 is 1.86 bits per heavy atom. The van der Waals surface area contributed by atoms with E-state index in [0.29, 0.717) is 30.9 Å². The summed E-state index contributed by atoms with van der Waals surface area (Å²) in [6.45, 7) is -2.71. The SMILES string of the molecule is O=S(=O)(N1Cc2c(ccc(C(F)(F)F)c2OCCO)N(Cc2cnc[nH]2)[C@H](C23CC(C2)C3)C1)C(F)(F)F. The number of aromatic amines is 1. The number of hydrogen-bond donors (Lipinski definition) is 2. The Morgan fingerprint density at radius 3 is 2.38 bits per heavy atom. The third kappa shape index (κ3) is 4.34. The van der Waals surface area contributed by atoms with Crippen LogP contribution < -0.4 is 9.64 Å².